The maximum absolute atomic E-state index is 2.76. The van der Waals surface area contributed by atoms with Crippen LogP contribution >= 0.6 is 0 Å². The second-order valence-corrected chi connectivity index (χ2v) is 26.2. The minimum Gasteiger partial charge on any atom is -0.309 e. The molecule has 0 amide bonds. The second kappa shape index (κ2) is 11.9. The number of hydrogen-bond donors (Lipinski definition) is 0. The van der Waals surface area contributed by atoms with Gasteiger partial charge >= 0.3 is 0 Å². The summed E-state index contributed by atoms with van der Waals surface area (Å²) in [6, 6.07) is 66.6. The summed E-state index contributed by atoms with van der Waals surface area (Å²) < 4.78 is 0. The highest BCUT2D eigenvalue weighted by Crippen LogP contribution is 2.72. The van der Waals surface area contributed by atoms with Crippen LogP contribution < -0.4 is 26.2 Å². The van der Waals surface area contributed by atoms with Gasteiger partial charge in [0.05, 0.1) is 45.0 Å². The maximum Gasteiger partial charge on any atom is 0.243 e. The number of hydrogen-bond acceptors (Lipinski definition) is 2. The highest BCUT2D eigenvalue weighted by molar-refractivity contribution is 6.98. The maximum atomic E-state index is 2.76. The van der Waals surface area contributed by atoms with Gasteiger partial charge in [-0.2, -0.15) is 0 Å². The zero-order chi connectivity index (χ0) is 49.9. The van der Waals surface area contributed by atoms with Gasteiger partial charge in [0.1, 0.15) is 0 Å². The fraction of sp³-hybridized carbons (Fsp3) is 0.239. The molecule has 0 saturated heterocycles. The molecule has 9 aliphatic rings. The van der Waals surface area contributed by atoms with Gasteiger partial charge in [-0.05, 0) is 100 Å². The molecule has 9 aromatic rings. The lowest BCUT2D eigenvalue weighted by Gasteiger charge is -2.61. The average molecular weight is 949 g/mol. The SMILES string of the molecule is CC1(C)c2cccc3c2B2c4c1cccc4C1(c4cccc(c42)C32c3cccc4c3N3c5c(cccc5C(C)(C)c5cccc2c53)C4(C)C)c2cccc3c2N2c4c(cccc4C(C)(C)c4cccc1c42)C3(C)C. The van der Waals surface area contributed by atoms with Crippen LogP contribution in [0.2, 0.25) is 0 Å². The summed E-state index contributed by atoms with van der Waals surface area (Å²) in [6.45, 7) is 25.0. The molecule has 0 aliphatic carbocycles. The molecule has 0 bridgehead atoms. The van der Waals surface area contributed by atoms with Crippen LogP contribution in [0.4, 0.5) is 34.1 Å². The molecule has 0 N–H and O–H groups in total. The molecule has 0 unspecified atom stereocenters. The summed E-state index contributed by atoms with van der Waals surface area (Å²) in [5, 5.41) is 0. The first-order valence-corrected chi connectivity index (χ1v) is 27.4. The van der Waals surface area contributed by atoms with E-state index in [4.69, 9.17) is 0 Å². The van der Waals surface area contributed by atoms with Crippen LogP contribution in [0.25, 0.3) is 0 Å². The standard InChI is InChI=1S/C71H57BN2/c1-65(2)38-20-11-22-40-56(38)72-57-39(65)21-12-23-41(57)71(54-36-18-32-50-63(54)74-60-46(68(50,7)8)28-15-29-47(60)69(9,10)51-33-19-37-55(71)64(51)74)43-25-13-24-42(58(43)72)70(40)52-34-16-30-48-61(52)73-59-44(66(48,3)4)26-14-27-45(59)67(5,6)49-31-17-35-53(70)62(49)73/h11-37H,1-10H3. The number of anilines is 6. The van der Waals surface area contributed by atoms with E-state index in [2.05, 4.69) is 243 Å². The molecule has 0 radical (unpaired) electrons. The van der Waals surface area contributed by atoms with Crippen LogP contribution in [-0.4, -0.2) is 6.71 Å². The molecule has 18 rings (SSSR count). The van der Waals surface area contributed by atoms with Crippen LogP contribution in [0.3, 0.4) is 0 Å². The predicted molar refractivity (Wildman–Crippen MR) is 305 cm³/mol. The van der Waals surface area contributed by atoms with Crippen molar-refractivity contribution in [3.05, 3.63) is 264 Å². The first-order chi connectivity index (χ1) is 35.5. The van der Waals surface area contributed by atoms with Crippen LogP contribution in [0.15, 0.2) is 164 Å². The molecular formula is C71H57BN2. The Morgan fingerprint density at radius 2 is 0.378 bits per heavy atom. The third-order valence-corrected chi connectivity index (χ3v) is 21.7. The van der Waals surface area contributed by atoms with Gasteiger partial charge in [-0.1, -0.05) is 249 Å². The third-order valence-electron chi connectivity index (χ3n) is 21.7. The van der Waals surface area contributed by atoms with Gasteiger partial charge in [-0.3, -0.25) is 0 Å². The Morgan fingerprint density at radius 1 is 0.216 bits per heavy atom. The molecule has 0 saturated carbocycles. The van der Waals surface area contributed by atoms with E-state index in [1.807, 2.05) is 0 Å². The van der Waals surface area contributed by atoms with Gasteiger partial charge in [-0.15, -0.1) is 0 Å². The highest BCUT2D eigenvalue weighted by atomic mass is 15.2. The Hall–Kier alpha value is -7.36. The quantitative estimate of drug-likeness (QED) is 0.140. The summed E-state index contributed by atoms with van der Waals surface area (Å²) in [7, 11) is 0. The van der Waals surface area contributed by atoms with Crippen LogP contribution in [0, 0.1) is 0 Å². The largest absolute Gasteiger partial charge is 0.309 e. The van der Waals surface area contributed by atoms with E-state index >= 15 is 0 Å². The summed E-state index contributed by atoms with van der Waals surface area (Å²) in [4.78, 5) is 5.52. The van der Waals surface area contributed by atoms with Gasteiger partial charge in [0.2, 0.25) is 6.71 Å². The van der Waals surface area contributed by atoms with E-state index in [-0.39, 0.29) is 33.8 Å². The zero-order valence-corrected chi connectivity index (χ0v) is 44.1. The molecule has 2 spiro atoms. The number of fused-ring (bicyclic) bond motifs is 8. The number of benzene rings is 9. The number of para-hydroxylation sites is 6. The first kappa shape index (κ1) is 41.0. The summed E-state index contributed by atoms with van der Waals surface area (Å²) >= 11 is 0. The zero-order valence-electron chi connectivity index (χ0n) is 44.1. The van der Waals surface area contributed by atoms with E-state index in [0.29, 0.717) is 0 Å². The Morgan fingerprint density at radius 3 is 0.622 bits per heavy atom. The first-order valence-electron chi connectivity index (χ1n) is 27.4. The molecule has 0 atom stereocenters. The second-order valence-electron chi connectivity index (χ2n) is 26.2. The van der Waals surface area contributed by atoms with Crippen molar-refractivity contribution in [2.45, 2.75) is 107 Å². The van der Waals surface area contributed by atoms with Crippen molar-refractivity contribution < 1.29 is 0 Å². The molecule has 0 fully saturated rings. The minimum atomic E-state index is -0.637. The van der Waals surface area contributed by atoms with Gasteiger partial charge in [0.15, 0.2) is 0 Å². The molecule has 9 aromatic carbocycles. The van der Waals surface area contributed by atoms with Crippen molar-refractivity contribution in [2.24, 2.45) is 0 Å². The van der Waals surface area contributed by atoms with Crippen LogP contribution in [0.5, 0.6) is 0 Å². The van der Waals surface area contributed by atoms with Crippen LogP contribution in [-0.2, 0) is 37.9 Å². The third kappa shape index (κ3) is 3.80. The molecule has 9 heterocycles. The average Bonchev–Trinajstić information content (AvgIpc) is 3.43. The van der Waals surface area contributed by atoms with Crippen molar-refractivity contribution in [2.75, 3.05) is 9.80 Å². The fourth-order valence-corrected chi connectivity index (χ4v) is 18.5. The van der Waals surface area contributed by atoms with Crippen molar-refractivity contribution in [1.82, 2.24) is 0 Å². The Labute approximate surface area is 435 Å². The lowest BCUT2D eigenvalue weighted by Crippen LogP contribution is -2.73. The van der Waals surface area contributed by atoms with Gasteiger partial charge < -0.3 is 9.80 Å². The van der Waals surface area contributed by atoms with E-state index < -0.39 is 10.8 Å². The van der Waals surface area contributed by atoms with Crippen molar-refractivity contribution in [3.8, 4) is 0 Å². The van der Waals surface area contributed by atoms with Crippen molar-refractivity contribution in [1.29, 1.82) is 0 Å². The minimum absolute atomic E-state index is 0.0532. The van der Waals surface area contributed by atoms with Gasteiger partial charge in [0, 0.05) is 27.1 Å². The Balaban J connectivity index is 1.07. The van der Waals surface area contributed by atoms with E-state index in [1.165, 1.54) is 151 Å². The molecule has 2 nitrogen and oxygen atoms in total. The molecule has 3 heteroatoms. The monoisotopic (exact) mass is 948 g/mol. The smallest absolute Gasteiger partial charge is 0.243 e. The molecule has 354 valence electrons. The predicted octanol–water partition coefficient (Wildman–Crippen LogP) is 14.4. The summed E-state index contributed by atoms with van der Waals surface area (Å²) in [6.07, 6.45) is 0. The van der Waals surface area contributed by atoms with Crippen molar-refractivity contribution in [3.63, 3.8) is 0 Å². The number of nitrogens with zero attached hydrogens (tertiary/aromatic N) is 2. The lowest BCUT2D eigenvalue weighted by atomic mass is 9.22. The molecule has 74 heavy (non-hydrogen) atoms. The summed E-state index contributed by atoms with van der Waals surface area (Å²) in [5.74, 6) is 0. The summed E-state index contributed by atoms with van der Waals surface area (Å²) in [5.41, 5.74) is 36.0. The number of rotatable bonds is 0. The topological polar surface area (TPSA) is 6.48 Å². The molecule has 9 aliphatic heterocycles. The van der Waals surface area contributed by atoms with E-state index in [0.717, 1.165) is 0 Å². The van der Waals surface area contributed by atoms with Crippen LogP contribution in [0.1, 0.15) is 169 Å². The van der Waals surface area contributed by atoms with Crippen molar-refractivity contribution >= 4 is 57.2 Å². The Kier molecular flexibility index (Phi) is 6.62. The fourth-order valence-electron chi connectivity index (χ4n) is 18.5. The normalized spacial score (nSPS) is 20.4. The van der Waals surface area contributed by atoms with Gasteiger partial charge in [-0.25, -0.2) is 0 Å². The van der Waals surface area contributed by atoms with E-state index in [1.54, 1.807) is 0 Å². The Bertz CT molecular complexity index is 3800. The highest BCUT2D eigenvalue weighted by Gasteiger charge is 2.65. The van der Waals surface area contributed by atoms with E-state index in [9.17, 15) is 0 Å². The molecular weight excluding hydrogens is 892 g/mol. The molecule has 0 aromatic heterocycles. The lowest BCUT2D eigenvalue weighted by molar-refractivity contribution is 0.580. The van der Waals surface area contributed by atoms with Gasteiger partial charge in [0.25, 0.3) is 0 Å².